The summed E-state index contributed by atoms with van der Waals surface area (Å²) in [6.07, 6.45) is 0.785. The van der Waals surface area contributed by atoms with Gasteiger partial charge in [-0.1, -0.05) is 0 Å². The maximum absolute atomic E-state index is 12.8. The third kappa shape index (κ3) is 6.43. The van der Waals surface area contributed by atoms with Gasteiger partial charge in [0, 0.05) is 23.8 Å². The number of benzene rings is 2. The van der Waals surface area contributed by atoms with Gasteiger partial charge in [-0.15, -0.1) is 0 Å². The van der Waals surface area contributed by atoms with E-state index in [4.69, 9.17) is 9.84 Å². The first-order valence-corrected chi connectivity index (χ1v) is 8.22. The minimum atomic E-state index is -0.281. The highest BCUT2D eigenvalue weighted by Gasteiger charge is 2.08. The molecular formula is C19H23FN2O3. The van der Waals surface area contributed by atoms with Crippen molar-refractivity contribution in [3.63, 3.8) is 0 Å². The molecule has 2 aromatic carbocycles. The van der Waals surface area contributed by atoms with E-state index in [2.05, 4.69) is 10.6 Å². The Kier molecular flexibility index (Phi) is 7.22. The third-order valence-electron chi connectivity index (χ3n) is 3.53. The number of anilines is 1. The molecule has 0 fully saturated rings. The summed E-state index contributed by atoms with van der Waals surface area (Å²) in [6, 6.07) is 12.8. The molecule has 5 nitrogen and oxygen atoms in total. The summed E-state index contributed by atoms with van der Waals surface area (Å²) >= 11 is 0. The Balaban J connectivity index is 1.69. The van der Waals surface area contributed by atoms with E-state index >= 15 is 0 Å². The number of halogens is 1. The molecule has 0 radical (unpaired) electrons. The molecule has 1 amide bonds. The first-order valence-electron chi connectivity index (χ1n) is 8.22. The molecule has 0 saturated heterocycles. The fraction of sp³-hybridized carbons (Fsp3) is 0.316. The van der Waals surface area contributed by atoms with Gasteiger partial charge in [0.1, 0.15) is 11.6 Å². The predicted octanol–water partition coefficient (Wildman–Crippen LogP) is 2.82. The summed E-state index contributed by atoms with van der Waals surface area (Å²) in [5.74, 6) is 0.159. The van der Waals surface area contributed by atoms with Gasteiger partial charge in [-0.3, -0.25) is 4.79 Å². The fourth-order valence-corrected chi connectivity index (χ4v) is 2.12. The normalized spacial score (nSPS) is 11.6. The van der Waals surface area contributed by atoms with E-state index in [-0.39, 0.29) is 24.4 Å². The van der Waals surface area contributed by atoms with Crippen LogP contribution in [0.5, 0.6) is 5.75 Å². The van der Waals surface area contributed by atoms with Crippen LogP contribution < -0.4 is 15.4 Å². The number of nitrogens with one attached hydrogen (secondary N) is 2. The zero-order valence-electron chi connectivity index (χ0n) is 14.2. The number of rotatable bonds is 9. The van der Waals surface area contributed by atoms with Gasteiger partial charge in [0.2, 0.25) is 0 Å². The van der Waals surface area contributed by atoms with Crippen molar-refractivity contribution in [2.24, 2.45) is 0 Å². The van der Waals surface area contributed by atoms with Crippen LogP contribution in [0.3, 0.4) is 0 Å². The van der Waals surface area contributed by atoms with Gasteiger partial charge in [0.15, 0.2) is 0 Å². The topological polar surface area (TPSA) is 70.6 Å². The lowest BCUT2D eigenvalue weighted by Gasteiger charge is -2.11. The molecule has 134 valence electrons. The van der Waals surface area contributed by atoms with Crippen molar-refractivity contribution in [3.05, 3.63) is 59.9 Å². The SMILES string of the molecule is CC(CO)NC(=O)c1ccc(NCCCOc2ccc(F)cc2)cc1. The molecule has 0 bridgehead atoms. The van der Waals surface area contributed by atoms with Crippen molar-refractivity contribution in [1.29, 1.82) is 0 Å². The summed E-state index contributed by atoms with van der Waals surface area (Å²) in [7, 11) is 0. The van der Waals surface area contributed by atoms with Crippen molar-refractivity contribution >= 4 is 11.6 Å². The van der Waals surface area contributed by atoms with Crippen LogP contribution in [-0.2, 0) is 0 Å². The maximum Gasteiger partial charge on any atom is 0.251 e. The Morgan fingerprint density at radius 1 is 1.16 bits per heavy atom. The van der Waals surface area contributed by atoms with E-state index in [0.717, 1.165) is 12.1 Å². The monoisotopic (exact) mass is 346 g/mol. The highest BCUT2D eigenvalue weighted by molar-refractivity contribution is 5.94. The van der Waals surface area contributed by atoms with Crippen LogP contribution >= 0.6 is 0 Å². The van der Waals surface area contributed by atoms with E-state index in [1.54, 1.807) is 31.2 Å². The van der Waals surface area contributed by atoms with E-state index in [0.29, 0.717) is 24.5 Å². The molecule has 1 unspecified atom stereocenters. The van der Waals surface area contributed by atoms with Crippen molar-refractivity contribution in [3.8, 4) is 5.75 Å². The molecule has 6 heteroatoms. The van der Waals surface area contributed by atoms with Gasteiger partial charge in [0.05, 0.1) is 13.2 Å². The standard InChI is InChI=1S/C19H23FN2O3/c1-14(13-23)22-19(24)15-3-7-17(8-4-15)21-11-2-12-25-18-9-5-16(20)6-10-18/h3-10,14,21,23H,2,11-13H2,1H3,(H,22,24). The summed E-state index contributed by atoms with van der Waals surface area (Å²) in [5.41, 5.74) is 1.46. The molecule has 0 aliphatic rings. The number of hydrogen-bond acceptors (Lipinski definition) is 4. The van der Waals surface area contributed by atoms with Crippen LogP contribution in [0.25, 0.3) is 0 Å². The number of aliphatic hydroxyl groups is 1. The lowest BCUT2D eigenvalue weighted by molar-refractivity contribution is 0.0922. The lowest BCUT2D eigenvalue weighted by Crippen LogP contribution is -2.34. The fourth-order valence-electron chi connectivity index (χ4n) is 2.12. The van der Waals surface area contributed by atoms with Gasteiger partial charge in [-0.05, 0) is 61.9 Å². The zero-order chi connectivity index (χ0) is 18.1. The van der Waals surface area contributed by atoms with Crippen LogP contribution in [0.2, 0.25) is 0 Å². The Morgan fingerprint density at radius 3 is 2.48 bits per heavy atom. The summed E-state index contributed by atoms with van der Waals surface area (Å²) in [6.45, 7) is 2.89. The van der Waals surface area contributed by atoms with Gasteiger partial charge < -0.3 is 20.5 Å². The predicted molar refractivity (Wildman–Crippen MR) is 95.5 cm³/mol. The summed E-state index contributed by atoms with van der Waals surface area (Å²) in [5, 5.41) is 14.9. The second-order valence-corrected chi connectivity index (χ2v) is 5.72. The first kappa shape index (κ1) is 18.7. The van der Waals surface area contributed by atoms with Crippen molar-refractivity contribution in [2.45, 2.75) is 19.4 Å². The second kappa shape index (κ2) is 9.64. The molecular weight excluding hydrogens is 323 g/mol. The van der Waals surface area contributed by atoms with Crippen LogP contribution in [-0.4, -0.2) is 36.8 Å². The molecule has 0 aliphatic heterocycles. The third-order valence-corrected chi connectivity index (χ3v) is 3.53. The Labute approximate surface area is 146 Å². The van der Waals surface area contributed by atoms with Crippen molar-refractivity contribution in [1.82, 2.24) is 5.32 Å². The highest BCUT2D eigenvalue weighted by Crippen LogP contribution is 2.12. The smallest absolute Gasteiger partial charge is 0.251 e. The molecule has 0 aliphatic carbocycles. The van der Waals surface area contributed by atoms with Crippen LogP contribution in [0, 0.1) is 5.82 Å². The molecule has 2 rings (SSSR count). The van der Waals surface area contributed by atoms with Gasteiger partial charge >= 0.3 is 0 Å². The Hall–Kier alpha value is -2.60. The Morgan fingerprint density at radius 2 is 1.84 bits per heavy atom. The summed E-state index contributed by atoms with van der Waals surface area (Å²) in [4.78, 5) is 11.9. The van der Waals surface area contributed by atoms with Crippen molar-refractivity contribution in [2.75, 3.05) is 25.1 Å². The molecule has 2 aromatic rings. The number of hydrogen-bond donors (Lipinski definition) is 3. The first-order chi connectivity index (χ1) is 12.1. The van der Waals surface area contributed by atoms with Gasteiger partial charge in [-0.25, -0.2) is 4.39 Å². The Bertz CT molecular complexity index is 659. The van der Waals surface area contributed by atoms with Crippen LogP contribution in [0.1, 0.15) is 23.7 Å². The van der Waals surface area contributed by atoms with E-state index in [1.807, 2.05) is 12.1 Å². The molecule has 0 heterocycles. The molecule has 25 heavy (non-hydrogen) atoms. The van der Waals surface area contributed by atoms with E-state index in [1.165, 1.54) is 12.1 Å². The van der Waals surface area contributed by atoms with E-state index in [9.17, 15) is 9.18 Å². The summed E-state index contributed by atoms with van der Waals surface area (Å²) < 4.78 is 18.3. The van der Waals surface area contributed by atoms with Gasteiger partial charge in [0.25, 0.3) is 5.91 Å². The number of ether oxygens (including phenoxy) is 1. The number of carbonyl (C=O) groups excluding carboxylic acids is 1. The van der Waals surface area contributed by atoms with Crippen LogP contribution in [0.4, 0.5) is 10.1 Å². The largest absolute Gasteiger partial charge is 0.494 e. The lowest BCUT2D eigenvalue weighted by atomic mass is 10.2. The number of aliphatic hydroxyl groups excluding tert-OH is 1. The minimum absolute atomic E-state index is 0.0919. The van der Waals surface area contributed by atoms with Crippen LogP contribution in [0.15, 0.2) is 48.5 Å². The minimum Gasteiger partial charge on any atom is -0.494 e. The molecule has 1 atom stereocenters. The number of carbonyl (C=O) groups is 1. The molecule has 0 spiro atoms. The average molecular weight is 346 g/mol. The number of amides is 1. The molecule has 3 N–H and O–H groups in total. The molecule has 0 aromatic heterocycles. The average Bonchev–Trinajstić information content (AvgIpc) is 2.63. The zero-order valence-corrected chi connectivity index (χ0v) is 14.2. The molecule has 0 saturated carbocycles. The van der Waals surface area contributed by atoms with Crippen molar-refractivity contribution < 1.29 is 19.0 Å². The maximum atomic E-state index is 12.8. The quantitative estimate of drug-likeness (QED) is 0.611. The van der Waals surface area contributed by atoms with E-state index < -0.39 is 0 Å². The second-order valence-electron chi connectivity index (χ2n) is 5.72. The highest BCUT2D eigenvalue weighted by atomic mass is 19.1. The van der Waals surface area contributed by atoms with Gasteiger partial charge in [-0.2, -0.15) is 0 Å².